The zero-order chi connectivity index (χ0) is 12.3. The summed E-state index contributed by atoms with van der Waals surface area (Å²) in [6, 6.07) is 6.20. The van der Waals surface area contributed by atoms with Crippen molar-refractivity contribution in [2.24, 2.45) is 0 Å². The molecule has 0 fully saturated rings. The Morgan fingerprint density at radius 1 is 1.25 bits per heavy atom. The third kappa shape index (κ3) is 2.83. The molecule has 1 unspecified atom stereocenters. The molecule has 0 bridgehead atoms. The summed E-state index contributed by atoms with van der Waals surface area (Å²) in [5, 5.41) is 10.2. The van der Waals surface area contributed by atoms with Crippen LogP contribution < -0.4 is 0 Å². The minimum absolute atomic E-state index is 0.489. The minimum atomic E-state index is -0.505. The first kappa shape index (κ1) is 13.2. The average molecular weight is 222 g/mol. The highest BCUT2D eigenvalue weighted by atomic mass is 16.5. The Morgan fingerprint density at radius 3 is 2.19 bits per heavy atom. The molecule has 0 aromatic heterocycles. The van der Waals surface area contributed by atoms with Crippen molar-refractivity contribution in [3.05, 3.63) is 34.9 Å². The zero-order valence-corrected chi connectivity index (χ0v) is 10.9. The maximum absolute atomic E-state index is 10.2. The van der Waals surface area contributed by atoms with Crippen LogP contribution in [-0.4, -0.2) is 23.9 Å². The van der Waals surface area contributed by atoms with Crippen LogP contribution in [0.5, 0.6) is 0 Å². The zero-order valence-electron chi connectivity index (χ0n) is 10.9. The second kappa shape index (κ2) is 4.98. The van der Waals surface area contributed by atoms with Crippen LogP contribution >= 0.6 is 0 Å². The monoisotopic (exact) mass is 222 g/mol. The van der Waals surface area contributed by atoms with E-state index in [2.05, 4.69) is 26.0 Å². The molecule has 0 radical (unpaired) electrons. The van der Waals surface area contributed by atoms with Crippen molar-refractivity contribution < 1.29 is 9.84 Å². The lowest BCUT2D eigenvalue weighted by molar-refractivity contribution is -0.0765. The van der Waals surface area contributed by atoms with Crippen LogP contribution in [0.3, 0.4) is 0 Å². The van der Waals surface area contributed by atoms with E-state index in [0.717, 1.165) is 0 Å². The van der Waals surface area contributed by atoms with Crippen molar-refractivity contribution in [2.45, 2.75) is 45.8 Å². The first-order chi connectivity index (χ1) is 7.38. The Kier molecular flexibility index (Phi) is 4.11. The van der Waals surface area contributed by atoms with Crippen molar-refractivity contribution in [3.63, 3.8) is 0 Å². The molecule has 1 aromatic rings. The number of aryl methyl sites for hydroxylation is 2. The predicted octanol–water partition coefficient (Wildman–Crippen LogP) is 2.63. The fraction of sp³-hybridized carbons (Fsp3) is 0.571. The van der Waals surface area contributed by atoms with E-state index in [1.165, 1.54) is 16.7 Å². The van der Waals surface area contributed by atoms with Gasteiger partial charge in [-0.3, -0.25) is 0 Å². The summed E-state index contributed by atoms with van der Waals surface area (Å²) in [7, 11) is 1.63. The van der Waals surface area contributed by atoms with E-state index < -0.39 is 11.7 Å². The van der Waals surface area contributed by atoms with Crippen molar-refractivity contribution in [1.29, 1.82) is 0 Å². The molecule has 0 saturated carbocycles. The van der Waals surface area contributed by atoms with Gasteiger partial charge in [-0.15, -0.1) is 0 Å². The molecule has 2 nitrogen and oxygen atoms in total. The van der Waals surface area contributed by atoms with Gasteiger partial charge in [0.15, 0.2) is 0 Å². The van der Waals surface area contributed by atoms with Crippen molar-refractivity contribution in [1.82, 2.24) is 0 Å². The second-order valence-corrected chi connectivity index (χ2v) is 4.90. The summed E-state index contributed by atoms with van der Waals surface area (Å²) in [6.07, 6.45) is 0.150. The lowest BCUT2D eigenvalue weighted by atomic mass is 9.91. The normalized spacial score (nSPS) is 13.9. The van der Waals surface area contributed by atoms with Crippen molar-refractivity contribution in [2.75, 3.05) is 7.11 Å². The quantitative estimate of drug-likeness (QED) is 0.848. The molecule has 0 heterocycles. The summed E-state index contributed by atoms with van der Waals surface area (Å²) in [5.74, 6) is 0. The molecule has 1 N–H and O–H groups in total. The highest BCUT2D eigenvalue weighted by Crippen LogP contribution is 2.21. The highest BCUT2D eigenvalue weighted by molar-refractivity contribution is 5.34. The van der Waals surface area contributed by atoms with Gasteiger partial charge >= 0.3 is 0 Å². The number of aliphatic hydroxyl groups is 1. The van der Waals surface area contributed by atoms with Crippen LogP contribution in [-0.2, 0) is 11.2 Å². The van der Waals surface area contributed by atoms with E-state index in [9.17, 15) is 5.11 Å². The Labute approximate surface area is 98.3 Å². The van der Waals surface area contributed by atoms with Gasteiger partial charge in [0.25, 0.3) is 0 Å². The van der Waals surface area contributed by atoms with Crippen LogP contribution in [0.15, 0.2) is 18.2 Å². The van der Waals surface area contributed by atoms with Crippen LogP contribution in [0, 0.1) is 13.8 Å². The maximum atomic E-state index is 10.2. The summed E-state index contributed by atoms with van der Waals surface area (Å²) < 4.78 is 5.30. The molecule has 0 amide bonds. The summed E-state index contributed by atoms with van der Waals surface area (Å²) in [5.41, 5.74) is 3.17. The van der Waals surface area contributed by atoms with Gasteiger partial charge in [0.05, 0.1) is 11.7 Å². The molecule has 90 valence electrons. The van der Waals surface area contributed by atoms with Gasteiger partial charge in [0, 0.05) is 13.5 Å². The molecule has 0 aliphatic heterocycles. The van der Waals surface area contributed by atoms with E-state index in [1.54, 1.807) is 7.11 Å². The van der Waals surface area contributed by atoms with Crippen LogP contribution in [0.4, 0.5) is 0 Å². The number of hydrogen-bond acceptors (Lipinski definition) is 2. The number of aliphatic hydroxyl groups excluding tert-OH is 1. The van der Waals surface area contributed by atoms with Gasteiger partial charge in [0.2, 0.25) is 0 Å². The maximum Gasteiger partial charge on any atom is 0.0883 e. The number of rotatable bonds is 4. The molecule has 0 aliphatic carbocycles. The molecule has 1 atom stereocenters. The van der Waals surface area contributed by atoms with Gasteiger partial charge < -0.3 is 9.84 Å². The van der Waals surface area contributed by atoms with Gasteiger partial charge in [-0.25, -0.2) is 0 Å². The fourth-order valence-corrected chi connectivity index (χ4v) is 1.75. The number of hydrogen-bond donors (Lipinski definition) is 1. The lowest BCUT2D eigenvalue weighted by Gasteiger charge is -2.29. The van der Waals surface area contributed by atoms with Gasteiger partial charge in [-0.2, -0.15) is 0 Å². The van der Waals surface area contributed by atoms with Gasteiger partial charge in [-0.05, 0) is 44.4 Å². The van der Waals surface area contributed by atoms with E-state index in [0.29, 0.717) is 6.42 Å². The van der Waals surface area contributed by atoms with Crippen LogP contribution in [0.2, 0.25) is 0 Å². The van der Waals surface area contributed by atoms with Crippen molar-refractivity contribution in [3.8, 4) is 0 Å². The Hall–Kier alpha value is -0.860. The standard InChI is InChI=1S/C14H22O2/c1-10-7-6-8-11(2)12(10)9-13(15)14(3,4)16-5/h6-8,13,15H,9H2,1-5H3. The van der Waals surface area contributed by atoms with E-state index in [4.69, 9.17) is 4.74 Å². The second-order valence-electron chi connectivity index (χ2n) is 4.90. The fourth-order valence-electron chi connectivity index (χ4n) is 1.75. The topological polar surface area (TPSA) is 29.5 Å². The lowest BCUT2D eigenvalue weighted by Crippen LogP contribution is -2.39. The molecule has 16 heavy (non-hydrogen) atoms. The van der Waals surface area contributed by atoms with E-state index in [1.807, 2.05) is 19.9 Å². The van der Waals surface area contributed by atoms with Gasteiger partial charge in [-0.1, -0.05) is 18.2 Å². The number of ether oxygens (including phenoxy) is 1. The molecule has 2 heteroatoms. The summed E-state index contributed by atoms with van der Waals surface area (Å²) in [4.78, 5) is 0. The molecule has 1 aromatic carbocycles. The first-order valence-electron chi connectivity index (χ1n) is 5.67. The smallest absolute Gasteiger partial charge is 0.0883 e. The Bertz CT molecular complexity index is 336. The van der Waals surface area contributed by atoms with Crippen LogP contribution in [0.25, 0.3) is 0 Å². The third-order valence-corrected chi connectivity index (χ3v) is 3.37. The van der Waals surface area contributed by atoms with Crippen molar-refractivity contribution >= 4 is 0 Å². The Morgan fingerprint density at radius 2 is 1.75 bits per heavy atom. The van der Waals surface area contributed by atoms with Crippen LogP contribution in [0.1, 0.15) is 30.5 Å². The summed E-state index contributed by atoms with van der Waals surface area (Å²) >= 11 is 0. The highest BCUT2D eigenvalue weighted by Gasteiger charge is 2.28. The van der Waals surface area contributed by atoms with E-state index >= 15 is 0 Å². The molecule has 0 spiro atoms. The minimum Gasteiger partial charge on any atom is -0.390 e. The average Bonchev–Trinajstić information content (AvgIpc) is 2.23. The van der Waals surface area contributed by atoms with E-state index in [-0.39, 0.29) is 0 Å². The molecular weight excluding hydrogens is 200 g/mol. The first-order valence-corrected chi connectivity index (χ1v) is 5.67. The number of benzene rings is 1. The molecule has 0 saturated heterocycles. The third-order valence-electron chi connectivity index (χ3n) is 3.37. The molecule has 1 rings (SSSR count). The van der Waals surface area contributed by atoms with Gasteiger partial charge in [0.1, 0.15) is 0 Å². The molecular formula is C14H22O2. The Balaban J connectivity index is 2.89. The molecule has 0 aliphatic rings. The SMILES string of the molecule is COC(C)(C)C(O)Cc1c(C)cccc1C. The summed E-state index contributed by atoms with van der Waals surface area (Å²) in [6.45, 7) is 7.97. The number of methoxy groups -OCH3 is 1. The largest absolute Gasteiger partial charge is 0.390 e. The predicted molar refractivity (Wildman–Crippen MR) is 66.7 cm³/mol.